The summed E-state index contributed by atoms with van der Waals surface area (Å²) < 4.78 is 0. The van der Waals surface area contributed by atoms with Crippen LogP contribution in [0.5, 0.6) is 0 Å². The Hall–Kier alpha value is -1.35. The maximum absolute atomic E-state index is 11.9. The SMILES string of the molecule is CC(C)(C)NC(=O)CCNC1CCCCc2ccccc21. The van der Waals surface area contributed by atoms with Crippen molar-refractivity contribution in [3.8, 4) is 0 Å². The van der Waals surface area contributed by atoms with Crippen molar-refractivity contribution in [2.45, 2.75) is 64.5 Å². The van der Waals surface area contributed by atoms with Crippen molar-refractivity contribution < 1.29 is 4.79 Å². The summed E-state index contributed by atoms with van der Waals surface area (Å²) in [5.74, 6) is 0.122. The molecule has 3 nitrogen and oxygen atoms in total. The monoisotopic (exact) mass is 288 g/mol. The predicted molar refractivity (Wildman–Crippen MR) is 87.3 cm³/mol. The molecule has 0 heterocycles. The topological polar surface area (TPSA) is 41.1 Å². The van der Waals surface area contributed by atoms with Crippen molar-refractivity contribution >= 4 is 5.91 Å². The Morgan fingerprint density at radius 2 is 2.00 bits per heavy atom. The fourth-order valence-electron chi connectivity index (χ4n) is 2.97. The molecule has 0 radical (unpaired) electrons. The molecule has 0 aliphatic heterocycles. The van der Waals surface area contributed by atoms with Gasteiger partial charge in [0.15, 0.2) is 0 Å². The van der Waals surface area contributed by atoms with E-state index in [0.717, 1.165) is 13.0 Å². The molecule has 1 aromatic carbocycles. The highest BCUT2D eigenvalue weighted by molar-refractivity contribution is 5.76. The van der Waals surface area contributed by atoms with E-state index in [0.29, 0.717) is 12.5 Å². The van der Waals surface area contributed by atoms with E-state index in [4.69, 9.17) is 0 Å². The van der Waals surface area contributed by atoms with Gasteiger partial charge < -0.3 is 10.6 Å². The third-order valence-electron chi connectivity index (χ3n) is 3.88. The maximum Gasteiger partial charge on any atom is 0.221 e. The van der Waals surface area contributed by atoms with Crippen LogP contribution in [0.4, 0.5) is 0 Å². The first-order chi connectivity index (χ1) is 9.96. The molecule has 0 spiro atoms. The third kappa shape index (κ3) is 5.16. The van der Waals surface area contributed by atoms with Gasteiger partial charge >= 0.3 is 0 Å². The molecule has 2 N–H and O–H groups in total. The Balaban J connectivity index is 1.87. The van der Waals surface area contributed by atoms with E-state index in [2.05, 4.69) is 34.9 Å². The number of fused-ring (bicyclic) bond motifs is 1. The van der Waals surface area contributed by atoms with Crippen LogP contribution >= 0.6 is 0 Å². The van der Waals surface area contributed by atoms with Crippen molar-refractivity contribution in [3.05, 3.63) is 35.4 Å². The largest absolute Gasteiger partial charge is 0.351 e. The molecule has 21 heavy (non-hydrogen) atoms. The minimum atomic E-state index is -0.147. The van der Waals surface area contributed by atoms with Crippen molar-refractivity contribution in [2.75, 3.05) is 6.54 Å². The molecule has 1 unspecified atom stereocenters. The van der Waals surface area contributed by atoms with Gasteiger partial charge in [0, 0.05) is 24.5 Å². The van der Waals surface area contributed by atoms with Crippen LogP contribution in [0.25, 0.3) is 0 Å². The van der Waals surface area contributed by atoms with Crippen LogP contribution in [-0.4, -0.2) is 18.0 Å². The second-order valence-corrected chi connectivity index (χ2v) is 7.00. The third-order valence-corrected chi connectivity index (χ3v) is 3.88. The molecule has 1 amide bonds. The molecule has 1 aromatic rings. The molecule has 0 aromatic heterocycles. The predicted octanol–water partition coefficient (Wildman–Crippen LogP) is 3.35. The second kappa shape index (κ2) is 7.08. The van der Waals surface area contributed by atoms with Gasteiger partial charge in [-0.1, -0.05) is 30.7 Å². The van der Waals surface area contributed by atoms with Gasteiger partial charge in [-0.05, 0) is 51.2 Å². The number of carbonyl (C=O) groups excluding carboxylic acids is 1. The summed E-state index contributed by atoms with van der Waals surface area (Å²) in [7, 11) is 0. The minimum Gasteiger partial charge on any atom is -0.351 e. The molecule has 0 fully saturated rings. The lowest BCUT2D eigenvalue weighted by Crippen LogP contribution is -2.41. The molecule has 0 saturated heterocycles. The van der Waals surface area contributed by atoms with E-state index in [-0.39, 0.29) is 11.4 Å². The Morgan fingerprint density at radius 3 is 2.76 bits per heavy atom. The van der Waals surface area contributed by atoms with Crippen LogP contribution in [0.3, 0.4) is 0 Å². The lowest BCUT2D eigenvalue weighted by molar-refractivity contribution is -0.122. The van der Waals surface area contributed by atoms with Crippen molar-refractivity contribution in [1.29, 1.82) is 0 Å². The number of hydrogen-bond donors (Lipinski definition) is 2. The van der Waals surface area contributed by atoms with Gasteiger partial charge in [-0.25, -0.2) is 0 Å². The molecule has 1 aliphatic carbocycles. The van der Waals surface area contributed by atoms with Gasteiger partial charge in [0.2, 0.25) is 5.91 Å². The number of benzene rings is 1. The van der Waals surface area contributed by atoms with Crippen LogP contribution in [0.1, 0.15) is 63.6 Å². The van der Waals surface area contributed by atoms with Gasteiger partial charge in [0.1, 0.15) is 0 Å². The quantitative estimate of drug-likeness (QED) is 0.834. The van der Waals surface area contributed by atoms with Crippen molar-refractivity contribution in [2.24, 2.45) is 0 Å². The zero-order chi connectivity index (χ0) is 15.3. The van der Waals surface area contributed by atoms with Crippen LogP contribution in [0.2, 0.25) is 0 Å². The lowest BCUT2D eigenvalue weighted by atomic mass is 9.99. The molecular weight excluding hydrogens is 260 g/mol. The highest BCUT2D eigenvalue weighted by Gasteiger charge is 2.18. The average Bonchev–Trinajstić information content (AvgIpc) is 2.59. The van der Waals surface area contributed by atoms with E-state index < -0.39 is 0 Å². The van der Waals surface area contributed by atoms with E-state index in [1.807, 2.05) is 20.8 Å². The number of hydrogen-bond acceptors (Lipinski definition) is 2. The maximum atomic E-state index is 11.9. The first kappa shape index (κ1) is 16.0. The lowest BCUT2D eigenvalue weighted by Gasteiger charge is -2.22. The summed E-state index contributed by atoms with van der Waals surface area (Å²) in [6.45, 7) is 6.78. The molecule has 3 heteroatoms. The van der Waals surface area contributed by atoms with Gasteiger partial charge in [0.05, 0.1) is 0 Å². The zero-order valence-electron chi connectivity index (χ0n) is 13.5. The van der Waals surface area contributed by atoms with Crippen molar-refractivity contribution in [3.63, 3.8) is 0 Å². The summed E-state index contributed by atoms with van der Waals surface area (Å²) in [5.41, 5.74) is 2.74. The van der Waals surface area contributed by atoms with Gasteiger partial charge in [-0.15, -0.1) is 0 Å². The summed E-state index contributed by atoms with van der Waals surface area (Å²) in [4.78, 5) is 11.9. The summed E-state index contributed by atoms with van der Waals surface area (Å²) in [6, 6.07) is 9.10. The number of rotatable bonds is 4. The second-order valence-electron chi connectivity index (χ2n) is 7.00. The number of carbonyl (C=O) groups is 1. The molecule has 0 bridgehead atoms. The highest BCUT2D eigenvalue weighted by atomic mass is 16.1. The highest BCUT2D eigenvalue weighted by Crippen LogP contribution is 2.28. The van der Waals surface area contributed by atoms with Crippen LogP contribution in [0.15, 0.2) is 24.3 Å². The molecule has 1 atom stereocenters. The Labute approximate surface area is 128 Å². The first-order valence-electron chi connectivity index (χ1n) is 8.08. The van der Waals surface area contributed by atoms with Crippen LogP contribution in [-0.2, 0) is 11.2 Å². The van der Waals surface area contributed by atoms with E-state index in [1.54, 1.807) is 0 Å². The summed E-state index contributed by atoms with van der Waals surface area (Å²) in [5, 5.41) is 6.58. The Kier molecular flexibility index (Phi) is 5.40. The van der Waals surface area contributed by atoms with E-state index >= 15 is 0 Å². The summed E-state index contributed by atoms with van der Waals surface area (Å²) in [6.07, 6.45) is 5.40. The standard InChI is InChI=1S/C18H28N2O/c1-18(2,3)20-17(21)12-13-19-16-11-7-5-9-14-8-4-6-10-15(14)16/h4,6,8,10,16,19H,5,7,9,11-13H2,1-3H3,(H,20,21). The fourth-order valence-corrected chi connectivity index (χ4v) is 2.97. The van der Waals surface area contributed by atoms with Crippen molar-refractivity contribution in [1.82, 2.24) is 10.6 Å². The first-order valence-corrected chi connectivity index (χ1v) is 8.08. The molecule has 116 valence electrons. The van der Waals surface area contributed by atoms with Gasteiger partial charge in [-0.2, -0.15) is 0 Å². The fraction of sp³-hybridized carbons (Fsp3) is 0.611. The number of nitrogens with one attached hydrogen (secondary N) is 2. The van der Waals surface area contributed by atoms with Gasteiger partial charge in [0.25, 0.3) is 0 Å². The minimum absolute atomic E-state index is 0.122. The number of amides is 1. The molecule has 1 aliphatic rings. The smallest absolute Gasteiger partial charge is 0.221 e. The van der Waals surface area contributed by atoms with Crippen LogP contribution < -0.4 is 10.6 Å². The van der Waals surface area contributed by atoms with Gasteiger partial charge in [-0.3, -0.25) is 4.79 Å². The summed E-state index contributed by atoms with van der Waals surface area (Å²) >= 11 is 0. The number of aryl methyl sites for hydroxylation is 1. The van der Waals surface area contributed by atoms with E-state index in [1.165, 1.54) is 30.4 Å². The van der Waals surface area contributed by atoms with E-state index in [9.17, 15) is 4.79 Å². The average molecular weight is 288 g/mol. The zero-order valence-corrected chi connectivity index (χ0v) is 13.5. The molecule has 2 rings (SSSR count). The van der Waals surface area contributed by atoms with Crippen LogP contribution in [0, 0.1) is 0 Å². The molecular formula is C18H28N2O. The Bertz CT molecular complexity index is 476. The Morgan fingerprint density at radius 1 is 1.24 bits per heavy atom. The molecule has 0 saturated carbocycles. The normalized spacial score (nSPS) is 18.7.